The first-order chi connectivity index (χ1) is 5.70. The zero-order chi connectivity index (χ0) is 10.7. The van der Waals surface area contributed by atoms with Gasteiger partial charge in [0.15, 0.2) is 0 Å². The van der Waals surface area contributed by atoms with E-state index in [1.54, 1.807) is 13.8 Å². The summed E-state index contributed by atoms with van der Waals surface area (Å²) in [4.78, 5) is 0. The number of β-amino-alcohol motifs (C(OH)–C–C–N with tert-alkyl or cyclic N) is 1. The third-order valence-electron chi connectivity index (χ3n) is 2.78. The molecule has 0 bridgehead atoms. The van der Waals surface area contributed by atoms with Crippen molar-refractivity contribution in [2.75, 3.05) is 6.54 Å². The Kier molecular flexibility index (Phi) is 4.36. The molecule has 1 atom stereocenters. The van der Waals surface area contributed by atoms with Gasteiger partial charge in [0.2, 0.25) is 0 Å². The SMILES string of the molecule is CCC(O)CNC(C)(C)C(C)(C)O. The van der Waals surface area contributed by atoms with Gasteiger partial charge in [0, 0.05) is 12.1 Å². The summed E-state index contributed by atoms with van der Waals surface area (Å²) in [5.41, 5.74) is -1.18. The maximum atomic E-state index is 9.79. The Bertz CT molecular complexity index is 149. The lowest BCUT2D eigenvalue weighted by Crippen LogP contribution is -2.57. The molecule has 0 saturated heterocycles. The summed E-state index contributed by atoms with van der Waals surface area (Å²) in [5, 5.41) is 22.3. The molecule has 13 heavy (non-hydrogen) atoms. The Morgan fingerprint density at radius 2 is 1.69 bits per heavy atom. The molecule has 3 N–H and O–H groups in total. The fourth-order valence-corrected chi connectivity index (χ4v) is 0.734. The summed E-state index contributed by atoms with van der Waals surface area (Å²) >= 11 is 0. The van der Waals surface area contributed by atoms with Crippen molar-refractivity contribution in [2.24, 2.45) is 0 Å². The predicted octanol–water partition coefficient (Wildman–Crippen LogP) is 0.896. The highest BCUT2D eigenvalue weighted by Crippen LogP contribution is 2.20. The summed E-state index contributed by atoms with van der Waals surface area (Å²) < 4.78 is 0. The van der Waals surface area contributed by atoms with Gasteiger partial charge in [-0.1, -0.05) is 6.92 Å². The lowest BCUT2D eigenvalue weighted by molar-refractivity contribution is -0.00978. The van der Waals surface area contributed by atoms with E-state index in [4.69, 9.17) is 0 Å². The maximum Gasteiger partial charge on any atom is 0.0767 e. The van der Waals surface area contributed by atoms with Gasteiger partial charge >= 0.3 is 0 Å². The zero-order valence-corrected chi connectivity index (χ0v) is 9.39. The van der Waals surface area contributed by atoms with Crippen LogP contribution in [0.15, 0.2) is 0 Å². The smallest absolute Gasteiger partial charge is 0.0767 e. The van der Waals surface area contributed by atoms with Crippen LogP contribution in [0, 0.1) is 0 Å². The van der Waals surface area contributed by atoms with E-state index in [-0.39, 0.29) is 11.6 Å². The summed E-state index contributed by atoms with van der Waals surface area (Å²) in [7, 11) is 0. The van der Waals surface area contributed by atoms with E-state index >= 15 is 0 Å². The predicted molar refractivity (Wildman–Crippen MR) is 54.7 cm³/mol. The minimum absolute atomic E-state index is 0.332. The molecule has 80 valence electrons. The van der Waals surface area contributed by atoms with Crippen molar-refractivity contribution < 1.29 is 10.2 Å². The van der Waals surface area contributed by atoms with Gasteiger partial charge in [-0.25, -0.2) is 0 Å². The molecule has 0 saturated carbocycles. The average molecular weight is 189 g/mol. The standard InChI is InChI=1S/C10H23NO2/c1-6-8(12)7-11-9(2,3)10(4,5)13/h8,11-13H,6-7H2,1-5H3. The summed E-state index contributed by atoms with van der Waals surface area (Å²) in [5.74, 6) is 0. The van der Waals surface area contributed by atoms with Crippen LogP contribution in [0.3, 0.4) is 0 Å². The highest BCUT2D eigenvalue weighted by atomic mass is 16.3. The molecule has 0 radical (unpaired) electrons. The fraction of sp³-hybridized carbons (Fsp3) is 1.00. The number of aliphatic hydroxyl groups excluding tert-OH is 1. The molecule has 0 heterocycles. The molecule has 0 rings (SSSR count). The molecule has 3 heteroatoms. The molecular weight excluding hydrogens is 166 g/mol. The number of rotatable bonds is 5. The Hall–Kier alpha value is -0.120. The number of aliphatic hydroxyl groups is 2. The normalized spacial score (nSPS) is 15.9. The lowest BCUT2D eigenvalue weighted by Gasteiger charge is -2.38. The molecule has 0 amide bonds. The van der Waals surface area contributed by atoms with Gasteiger partial charge in [-0.2, -0.15) is 0 Å². The van der Waals surface area contributed by atoms with E-state index in [2.05, 4.69) is 5.32 Å². The lowest BCUT2D eigenvalue weighted by atomic mass is 9.86. The van der Waals surface area contributed by atoms with Gasteiger partial charge < -0.3 is 15.5 Å². The molecule has 1 unspecified atom stereocenters. The average Bonchev–Trinajstić information content (AvgIpc) is 1.98. The minimum atomic E-state index is -0.791. The van der Waals surface area contributed by atoms with Crippen molar-refractivity contribution in [1.29, 1.82) is 0 Å². The van der Waals surface area contributed by atoms with Crippen molar-refractivity contribution in [3.8, 4) is 0 Å². The number of hydrogen-bond acceptors (Lipinski definition) is 3. The van der Waals surface area contributed by atoms with Crippen LogP contribution in [0.5, 0.6) is 0 Å². The molecule has 0 aromatic rings. The van der Waals surface area contributed by atoms with Crippen LogP contribution in [-0.4, -0.2) is 34.0 Å². The van der Waals surface area contributed by atoms with Gasteiger partial charge in [-0.05, 0) is 34.1 Å². The third kappa shape index (κ3) is 4.07. The maximum absolute atomic E-state index is 9.79. The van der Waals surface area contributed by atoms with Gasteiger partial charge in [0.25, 0.3) is 0 Å². The number of nitrogens with one attached hydrogen (secondary N) is 1. The van der Waals surface area contributed by atoms with Crippen LogP contribution < -0.4 is 5.32 Å². The molecule has 0 spiro atoms. The minimum Gasteiger partial charge on any atom is -0.392 e. The molecule has 0 aromatic carbocycles. The third-order valence-corrected chi connectivity index (χ3v) is 2.78. The van der Waals surface area contributed by atoms with E-state index in [1.165, 1.54) is 0 Å². The zero-order valence-electron chi connectivity index (χ0n) is 9.39. The second-order valence-corrected chi connectivity index (χ2v) is 4.63. The Morgan fingerprint density at radius 3 is 2.00 bits per heavy atom. The van der Waals surface area contributed by atoms with Crippen molar-refractivity contribution in [3.05, 3.63) is 0 Å². The van der Waals surface area contributed by atoms with Crippen LogP contribution in [-0.2, 0) is 0 Å². The van der Waals surface area contributed by atoms with E-state index < -0.39 is 5.60 Å². The fourth-order valence-electron chi connectivity index (χ4n) is 0.734. The van der Waals surface area contributed by atoms with Crippen LogP contribution >= 0.6 is 0 Å². The Morgan fingerprint density at radius 1 is 1.23 bits per heavy atom. The van der Waals surface area contributed by atoms with Crippen molar-refractivity contribution in [3.63, 3.8) is 0 Å². The first-order valence-corrected chi connectivity index (χ1v) is 4.86. The summed E-state index contributed by atoms with van der Waals surface area (Å²) in [6, 6.07) is 0. The molecule has 0 aliphatic rings. The first kappa shape index (κ1) is 12.9. The summed E-state index contributed by atoms with van der Waals surface area (Å²) in [6.07, 6.45) is 0.399. The van der Waals surface area contributed by atoms with E-state index in [0.717, 1.165) is 6.42 Å². The van der Waals surface area contributed by atoms with Gasteiger partial charge in [0.05, 0.1) is 11.7 Å². The van der Waals surface area contributed by atoms with Crippen molar-refractivity contribution in [1.82, 2.24) is 5.32 Å². The molecule has 3 nitrogen and oxygen atoms in total. The van der Waals surface area contributed by atoms with E-state index in [1.807, 2.05) is 20.8 Å². The van der Waals surface area contributed by atoms with Crippen LogP contribution in [0.4, 0.5) is 0 Å². The Labute approximate surface area is 81.2 Å². The quantitative estimate of drug-likeness (QED) is 0.602. The second-order valence-electron chi connectivity index (χ2n) is 4.63. The first-order valence-electron chi connectivity index (χ1n) is 4.86. The molecule has 0 aliphatic carbocycles. The highest BCUT2D eigenvalue weighted by molar-refractivity contribution is 4.93. The molecule has 0 aromatic heterocycles. The number of hydrogen-bond donors (Lipinski definition) is 3. The van der Waals surface area contributed by atoms with Gasteiger partial charge in [-0.15, -0.1) is 0 Å². The van der Waals surface area contributed by atoms with E-state index in [0.29, 0.717) is 6.54 Å². The highest BCUT2D eigenvalue weighted by Gasteiger charge is 2.34. The van der Waals surface area contributed by atoms with Crippen molar-refractivity contribution >= 4 is 0 Å². The second kappa shape index (κ2) is 4.40. The summed E-state index contributed by atoms with van der Waals surface area (Å²) in [6.45, 7) is 9.83. The Balaban J connectivity index is 4.04. The molecule has 0 aliphatic heterocycles. The van der Waals surface area contributed by atoms with E-state index in [9.17, 15) is 10.2 Å². The van der Waals surface area contributed by atoms with Crippen LogP contribution in [0.25, 0.3) is 0 Å². The van der Waals surface area contributed by atoms with Crippen molar-refractivity contribution in [2.45, 2.75) is 58.3 Å². The van der Waals surface area contributed by atoms with Gasteiger partial charge in [0.1, 0.15) is 0 Å². The molecular formula is C10H23NO2. The largest absolute Gasteiger partial charge is 0.392 e. The van der Waals surface area contributed by atoms with Crippen LogP contribution in [0.1, 0.15) is 41.0 Å². The van der Waals surface area contributed by atoms with Gasteiger partial charge in [-0.3, -0.25) is 0 Å². The monoisotopic (exact) mass is 189 g/mol. The topological polar surface area (TPSA) is 52.5 Å². The molecule has 0 fully saturated rings. The van der Waals surface area contributed by atoms with Crippen LogP contribution in [0.2, 0.25) is 0 Å².